The number of carbonyl (C=O) groups excluding carboxylic acids is 5. The van der Waals surface area contributed by atoms with Crippen molar-refractivity contribution < 1.29 is 156 Å². The van der Waals surface area contributed by atoms with Crippen LogP contribution in [0.4, 0.5) is 0 Å². The molecule has 0 aliphatic carbocycles. The van der Waals surface area contributed by atoms with Crippen LogP contribution in [-0.4, -0.2) is 131 Å². The molecule has 404 valence electrons. The predicted octanol–water partition coefficient (Wildman–Crippen LogP) is 0.873. The Morgan fingerprint density at radius 1 is 0.597 bits per heavy atom. The van der Waals surface area contributed by atoms with Gasteiger partial charge in [-0.15, -0.1) is 41.5 Å². The monoisotopic (exact) mass is 1090 g/mol. The molecule has 4 atom stereocenters. The van der Waals surface area contributed by atoms with Crippen LogP contribution < -0.4 is 73.3 Å². The minimum Gasteiger partial charge on any atom is -0.870 e. The molecule has 3 aliphatic heterocycles. The van der Waals surface area contributed by atoms with Crippen LogP contribution in [-0.2, 0) is 71.3 Å². The third-order valence-electron chi connectivity index (χ3n) is 10.6. The van der Waals surface area contributed by atoms with E-state index in [9.17, 15) is 24.0 Å². The van der Waals surface area contributed by atoms with Crippen LogP contribution in [0.15, 0.2) is 134 Å². The number of para-hydroxylation sites is 3. The van der Waals surface area contributed by atoms with Gasteiger partial charge >= 0.3 is 83.0 Å². The van der Waals surface area contributed by atoms with Crippen LogP contribution in [0.3, 0.4) is 0 Å². The van der Waals surface area contributed by atoms with E-state index in [1.165, 1.54) is 83.6 Å². The number of esters is 5. The standard InChI is InChI=1S/C12H15O4.2C11H12O4.C11H11O3.C10H8O3.2Na.2H2O/c1-14-11(13)10(12(15-2)16-3)9-7-5-4-6-8-9;1-13-11(14-2)9-7-5-3-4-6-8(7)15-10(9)12;1-13-10(12)9-7-5-3-4-6-8(7)15-11(9)14-2;1-13-8-10(11(12)14-2)9-6-4-3-5-7-9;1-12-6-8-7-4-2-3-5-9(7)13-10(8)11;;;;/h4-7,10,12H,1-3H3;2*3-6,9,11H,1-2H3;3-6,8H,1-2H3;2-6H,1H3;;;2*1H2/q-1;;;-1;;2*+1;;/p-2/b;;;10-8+;8-6+;;;;. The van der Waals surface area contributed by atoms with Gasteiger partial charge < -0.3 is 72.5 Å². The predicted molar refractivity (Wildman–Crippen MR) is 266 cm³/mol. The Bertz CT molecular complexity index is 2600. The van der Waals surface area contributed by atoms with Gasteiger partial charge in [-0.1, -0.05) is 54.6 Å². The van der Waals surface area contributed by atoms with Crippen molar-refractivity contribution in [3.63, 3.8) is 0 Å². The third kappa shape index (κ3) is 19.5. The Labute approximate surface area is 491 Å². The molecule has 22 heteroatoms. The molecule has 0 amide bonds. The van der Waals surface area contributed by atoms with Crippen molar-refractivity contribution in [3.05, 3.63) is 174 Å². The van der Waals surface area contributed by atoms with Gasteiger partial charge in [-0.25, -0.2) is 4.79 Å². The zero-order chi connectivity index (χ0) is 53.3. The van der Waals surface area contributed by atoms with Crippen LogP contribution in [0.1, 0.15) is 45.6 Å². The van der Waals surface area contributed by atoms with E-state index in [0.717, 1.165) is 16.7 Å². The van der Waals surface area contributed by atoms with Crippen molar-refractivity contribution in [2.75, 3.05) is 71.1 Å². The smallest absolute Gasteiger partial charge is 0.870 e. The Kier molecular flexibility index (Phi) is 34.8. The van der Waals surface area contributed by atoms with Gasteiger partial charge in [0, 0.05) is 57.8 Å². The Hall–Kier alpha value is -5.95. The van der Waals surface area contributed by atoms with Gasteiger partial charge in [0.15, 0.2) is 12.6 Å². The largest absolute Gasteiger partial charge is 1.00 e. The molecule has 0 saturated carbocycles. The van der Waals surface area contributed by atoms with Crippen molar-refractivity contribution in [2.45, 2.75) is 36.6 Å². The summed E-state index contributed by atoms with van der Waals surface area (Å²) in [7, 11) is 14.5. The van der Waals surface area contributed by atoms with Crippen molar-refractivity contribution >= 4 is 41.0 Å². The molecular weight excluding hydrogens is 1030 g/mol. The summed E-state index contributed by atoms with van der Waals surface area (Å²) in [6.07, 6.45) is 0.883. The number of hydrogen-bond donors (Lipinski definition) is 0. The summed E-state index contributed by atoms with van der Waals surface area (Å²) in [6.45, 7) is 0. The van der Waals surface area contributed by atoms with Crippen LogP contribution >= 0.6 is 0 Å². The minimum atomic E-state index is -0.675. The topological polar surface area (TPSA) is 265 Å². The molecule has 3 heterocycles. The zero-order valence-electron chi connectivity index (χ0n) is 44.9. The maximum Gasteiger partial charge on any atom is 1.00 e. The van der Waals surface area contributed by atoms with Gasteiger partial charge in [-0.3, -0.25) is 19.2 Å². The summed E-state index contributed by atoms with van der Waals surface area (Å²) >= 11 is 0. The molecule has 8 rings (SSSR count). The van der Waals surface area contributed by atoms with Crippen molar-refractivity contribution in [1.29, 1.82) is 0 Å². The minimum absolute atomic E-state index is 0. The van der Waals surface area contributed by atoms with Crippen LogP contribution in [0, 0.1) is 12.1 Å². The first-order valence-electron chi connectivity index (χ1n) is 22.1. The fourth-order valence-corrected chi connectivity index (χ4v) is 7.25. The molecule has 2 N–H and O–H groups in total. The number of benzene rings is 5. The number of methoxy groups -OCH3 is 10. The second kappa shape index (κ2) is 37.8. The fourth-order valence-electron chi connectivity index (χ4n) is 7.25. The number of fused-ring (bicyclic) bond motifs is 3. The molecule has 3 aliphatic rings. The molecule has 0 spiro atoms. The molecule has 4 unspecified atom stereocenters. The summed E-state index contributed by atoms with van der Waals surface area (Å²) in [5.41, 5.74) is 4.58. The van der Waals surface area contributed by atoms with E-state index in [1.807, 2.05) is 84.9 Å². The molecule has 20 nitrogen and oxygen atoms in total. The van der Waals surface area contributed by atoms with Crippen LogP contribution in [0.25, 0.3) is 11.1 Å². The van der Waals surface area contributed by atoms with Crippen molar-refractivity contribution in [3.8, 4) is 17.2 Å². The summed E-state index contributed by atoms with van der Waals surface area (Å²) in [4.78, 5) is 57.4. The number of hydrogen-bond acceptors (Lipinski definition) is 20. The molecule has 0 saturated heterocycles. The van der Waals surface area contributed by atoms with Gasteiger partial charge in [0.2, 0.25) is 6.29 Å². The third-order valence-corrected chi connectivity index (χ3v) is 10.6. The second-order valence-electron chi connectivity index (χ2n) is 14.9. The molecular formula is C55H60Na2O20-2. The molecule has 5 aromatic rings. The van der Waals surface area contributed by atoms with E-state index in [0.29, 0.717) is 39.5 Å². The van der Waals surface area contributed by atoms with Gasteiger partial charge in [0.25, 0.3) is 5.97 Å². The van der Waals surface area contributed by atoms with E-state index in [1.54, 1.807) is 36.4 Å². The molecule has 0 fully saturated rings. The van der Waals surface area contributed by atoms with Gasteiger partial charge in [0.1, 0.15) is 40.6 Å². The van der Waals surface area contributed by atoms with E-state index < -0.39 is 48.6 Å². The van der Waals surface area contributed by atoms with Crippen molar-refractivity contribution in [2.24, 2.45) is 0 Å². The maximum atomic E-state index is 11.7. The number of ether oxygens (including phenoxy) is 13. The Morgan fingerprint density at radius 3 is 1.69 bits per heavy atom. The van der Waals surface area contributed by atoms with Crippen LogP contribution in [0.2, 0.25) is 0 Å². The molecule has 0 bridgehead atoms. The SMILES string of the molecule is CO/C=C(/C(=O)OC)c1[c-]cccc1.CO/C=C1/C(=O)Oc2ccccc21.COC(=O)C(c1[c-]cccc1)C(OC)OC.COC(=O)C1c2ccccc2OC1OC.COC(OC)C1C(=O)Oc2ccccc21.[Na+].[Na+].[OH-].[OH-]. The van der Waals surface area contributed by atoms with Gasteiger partial charge in [-0.05, 0) is 18.2 Å². The van der Waals surface area contributed by atoms with Crippen molar-refractivity contribution in [1.82, 2.24) is 0 Å². The molecule has 77 heavy (non-hydrogen) atoms. The van der Waals surface area contributed by atoms with E-state index in [4.69, 9.17) is 56.8 Å². The molecule has 0 radical (unpaired) electrons. The van der Waals surface area contributed by atoms with E-state index >= 15 is 0 Å². The molecule has 5 aromatic carbocycles. The van der Waals surface area contributed by atoms with Crippen LogP contribution in [0.5, 0.6) is 17.2 Å². The van der Waals surface area contributed by atoms with Gasteiger partial charge in [0.05, 0.1) is 48.1 Å². The first kappa shape index (κ1) is 71.0. The first-order chi connectivity index (χ1) is 35.4. The summed E-state index contributed by atoms with van der Waals surface area (Å²) in [5.74, 6) is -1.61. The zero-order valence-corrected chi connectivity index (χ0v) is 48.9. The Morgan fingerprint density at radius 2 is 1.17 bits per heavy atom. The summed E-state index contributed by atoms with van der Waals surface area (Å²) < 4.78 is 64.7. The van der Waals surface area contributed by atoms with Gasteiger partial charge in [-0.2, -0.15) is 30.3 Å². The quantitative estimate of drug-likeness (QED) is 0.0218. The Balaban J connectivity index is 0.000000927. The number of carbonyl (C=O) groups is 5. The number of rotatable bonds is 14. The normalized spacial score (nSPS) is 15.7. The second-order valence-corrected chi connectivity index (χ2v) is 14.9. The first-order valence-corrected chi connectivity index (χ1v) is 22.1. The maximum absolute atomic E-state index is 11.7. The average molecular weight is 1090 g/mol. The fraction of sp³-hybridized carbons (Fsp3) is 0.291. The van der Waals surface area contributed by atoms with E-state index in [-0.39, 0.29) is 88.0 Å². The summed E-state index contributed by atoms with van der Waals surface area (Å²) in [5, 5.41) is 0. The van der Waals surface area contributed by atoms with E-state index in [2.05, 4.69) is 16.9 Å². The summed E-state index contributed by atoms with van der Waals surface area (Å²) in [6, 6.07) is 42.1. The average Bonchev–Trinajstić information content (AvgIpc) is 4.09. The molecule has 0 aromatic heterocycles.